The van der Waals surface area contributed by atoms with Crippen molar-refractivity contribution in [1.29, 1.82) is 0 Å². The Labute approximate surface area is 337 Å². The first-order valence-corrected chi connectivity index (χ1v) is 20.3. The van der Waals surface area contributed by atoms with Crippen LogP contribution in [0.4, 0.5) is 0 Å². The van der Waals surface area contributed by atoms with E-state index in [1.54, 1.807) is 18.2 Å². The van der Waals surface area contributed by atoms with Gasteiger partial charge < -0.3 is 35.6 Å². The Hall–Kier alpha value is -4.20. The fraction of sp³-hybridized carbons (Fsp3) is 0.429. The number of hydrogen-bond donors (Lipinski definition) is 5. The van der Waals surface area contributed by atoms with E-state index >= 15 is 0 Å². The number of rotatable bonds is 5. The predicted octanol–water partition coefficient (Wildman–Crippen LogP) is 7.69. The summed E-state index contributed by atoms with van der Waals surface area (Å²) in [5.74, 6) is 0.655. The third-order valence-electron chi connectivity index (χ3n) is 11.5. The molecular formula is C42H48Br2N4O7. The van der Waals surface area contributed by atoms with E-state index in [0.717, 1.165) is 79.8 Å². The van der Waals surface area contributed by atoms with Crippen molar-refractivity contribution in [2.24, 2.45) is 5.73 Å². The molecular weight excluding hydrogens is 832 g/mol. The number of benzene rings is 2. The minimum atomic E-state index is -0.881. The molecule has 0 unspecified atom stereocenters. The van der Waals surface area contributed by atoms with Crippen molar-refractivity contribution >= 4 is 43.7 Å². The number of fused-ring (bicyclic) bond motifs is 4. The van der Waals surface area contributed by atoms with E-state index in [1.165, 1.54) is 25.7 Å². The van der Waals surface area contributed by atoms with Crippen molar-refractivity contribution in [1.82, 2.24) is 15.3 Å². The molecule has 55 heavy (non-hydrogen) atoms. The van der Waals surface area contributed by atoms with Crippen LogP contribution in [0.5, 0.6) is 11.5 Å². The number of hydrogen-bond acceptors (Lipinski definition) is 7. The van der Waals surface area contributed by atoms with E-state index in [4.69, 9.17) is 20.3 Å². The number of aryl methyl sites for hydroxylation is 4. The average Bonchev–Trinajstić information content (AvgIpc) is 3.94. The number of carbonyl (C=O) groups excluding carboxylic acids is 1. The van der Waals surface area contributed by atoms with Crippen molar-refractivity contribution in [3.63, 3.8) is 0 Å². The molecule has 0 radical (unpaired) electrons. The van der Waals surface area contributed by atoms with Crippen molar-refractivity contribution < 1.29 is 24.2 Å². The Kier molecular flexibility index (Phi) is 12.1. The van der Waals surface area contributed by atoms with Crippen LogP contribution < -0.4 is 31.6 Å². The third-order valence-corrected chi connectivity index (χ3v) is 12.6. The van der Waals surface area contributed by atoms with Crippen molar-refractivity contribution in [2.45, 2.75) is 103 Å². The molecule has 4 aromatic rings. The van der Waals surface area contributed by atoms with Crippen molar-refractivity contribution in [3.05, 3.63) is 122 Å². The fourth-order valence-electron chi connectivity index (χ4n) is 8.54. The van der Waals surface area contributed by atoms with Gasteiger partial charge >= 0.3 is 5.97 Å². The zero-order valence-electron chi connectivity index (χ0n) is 31.7. The fourth-order valence-corrected chi connectivity index (χ4v) is 9.69. The molecule has 8 rings (SSSR count). The topological polar surface area (TPSA) is 177 Å². The van der Waals surface area contributed by atoms with Crippen molar-refractivity contribution in [2.75, 3.05) is 13.2 Å². The Balaban J connectivity index is 0.000000156. The Bertz CT molecular complexity index is 2250. The summed E-state index contributed by atoms with van der Waals surface area (Å²) in [5.41, 5.74) is 13.3. The van der Waals surface area contributed by atoms with Gasteiger partial charge in [-0.1, -0.05) is 25.7 Å². The maximum atomic E-state index is 12.8. The standard InChI is InChI=1S/C21H23BrN2O3.C13H13BrO3.C8H12N2O/c1-12-7-13(2)24-20(26)15(12)10-23-19(25)14-8-16-18(17(22)9-14)27-11-21(16)5-3-4-6-21;14-10-6-8(12(15)16)5-9-11(10)17-7-13(9)3-1-2-4-13;1-5-3-6(2)10-8(11)7(5)4-9/h7-9H,3-6,10-11H2,1-2H3,(H,23,25)(H,24,26);5-6H,1-4,7H2,(H,15,16);3H,4,9H2,1-2H3,(H,10,11). The van der Waals surface area contributed by atoms with Gasteiger partial charge in [0.15, 0.2) is 0 Å². The van der Waals surface area contributed by atoms with Gasteiger partial charge in [0.05, 0.1) is 27.7 Å². The van der Waals surface area contributed by atoms with Gasteiger partial charge in [0, 0.05) is 63.1 Å². The molecule has 4 heterocycles. The van der Waals surface area contributed by atoms with Gasteiger partial charge in [-0.05, 0) is 133 Å². The number of aromatic nitrogens is 2. The summed E-state index contributed by atoms with van der Waals surface area (Å²) >= 11 is 6.97. The molecule has 2 fully saturated rings. The van der Waals surface area contributed by atoms with Gasteiger partial charge in [0.25, 0.3) is 17.0 Å². The largest absolute Gasteiger partial charge is 0.491 e. The summed E-state index contributed by atoms with van der Waals surface area (Å²) in [7, 11) is 0. The van der Waals surface area contributed by atoms with E-state index in [-0.39, 0.29) is 34.4 Å². The lowest BCUT2D eigenvalue weighted by atomic mass is 9.80. The molecule has 2 aliphatic heterocycles. The molecule has 1 amide bonds. The zero-order chi connectivity index (χ0) is 39.7. The maximum Gasteiger partial charge on any atom is 0.335 e. The molecule has 2 aliphatic carbocycles. The van der Waals surface area contributed by atoms with Gasteiger partial charge in [0.2, 0.25) is 0 Å². The highest BCUT2D eigenvalue weighted by Crippen LogP contribution is 2.53. The minimum absolute atomic E-state index is 0.0544. The molecule has 6 N–H and O–H groups in total. The number of nitrogens with two attached hydrogens (primary N) is 1. The first-order valence-electron chi connectivity index (χ1n) is 18.7. The highest BCUT2D eigenvalue weighted by atomic mass is 79.9. The Morgan fingerprint density at radius 2 is 1.16 bits per heavy atom. The number of nitrogens with one attached hydrogen (secondary N) is 3. The molecule has 2 saturated carbocycles. The second-order valence-electron chi connectivity index (χ2n) is 15.3. The van der Waals surface area contributed by atoms with Crippen LogP contribution in [0.25, 0.3) is 0 Å². The van der Waals surface area contributed by atoms with Crippen LogP contribution >= 0.6 is 31.9 Å². The van der Waals surface area contributed by atoms with E-state index < -0.39 is 5.97 Å². The Morgan fingerprint density at radius 1 is 0.727 bits per heavy atom. The summed E-state index contributed by atoms with van der Waals surface area (Å²) < 4.78 is 13.3. The van der Waals surface area contributed by atoms with E-state index in [2.05, 4.69) is 47.1 Å². The Morgan fingerprint density at radius 3 is 1.60 bits per heavy atom. The number of aromatic carboxylic acids is 1. The average molecular weight is 881 g/mol. The smallest absolute Gasteiger partial charge is 0.335 e. The highest BCUT2D eigenvalue weighted by molar-refractivity contribution is 9.11. The number of amides is 1. The molecule has 13 heteroatoms. The molecule has 2 aromatic heterocycles. The van der Waals surface area contributed by atoms with Gasteiger partial charge in [0.1, 0.15) is 11.5 Å². The number of carboxylic acid groups (broad SMARTS) is 1. The second-order valence-corrected chi connectivity index (χ2v) is 17.0. The third kappa shape index (κ3) is 8.34. The van der Waals surface area contributed by atoms with Crippen LogP contribution in [0.1, 0.15) is 117 Å². The molecule has 11 nitrogen and oxygen atoms in total. The molecule has 292 valence electrons. The van der Waals surface area contributed by atoms with E-state index in [1.807, 2.05) is 45.9 Å². The molecule has 2 aromatic carbocycles. The molecule has 0 saturated heterocycles. The maximum absolute atomic E-state index is 12.8. The SMILES string of the molecule is Cc1cc(C)c(CN)c(=O)[nH]1.Cc1cc(C)c(CNC(=O)c2cc(Br)c3c(c2)C2(CCCC2)CO3)c(=O)[nH]1.O=C(O)c1cc(Br)c2c(c1)C1(CCCC1)CO2. The van der Waals surface area contributed by atoms with E-state index in [9.17, 15) is 19.2 Å². The van der Waals surface area contributed by atoms with Crippen LogP contribution in [0.2, 0.25) is 0 Å². The number of ether oxygens (including phenoxy) is 2. The van der Waals surface area contributed by atoms with Crippen LogP contribution in [-0.2, 0) is 23.9 Å². The zero-order valence-corrected chi connectivity index (χ0v) is 34.9. The quantitative estimate of drug-likeness (QED) is 0.136. The second kappa shape index (κ2) is 16.5. The van der Waals surface area contributed by atoms with Crippen LogP contribution in [0.15, 0.2) is 54.9 Å². The summed E-state index contributed by atoms with van der Waals surface area (Å²) in [6, 6.07) is 11.0. The highest BCUT2D eigenvalue weighted by Gasteiger charge is 2.45. The lowest BCUT2D eigenvalue weighted by molar-refractivity contribution is 0.0696. The lowest BCUT2D eigenvalue weighted by Crippen LogP contribution is -2.28. The predicted molar refractivity (Wildman–Crippen MR) is 219 cm³/mol. The van der Waals surface area contributed by atoms with Gasteiger partial charge in [-0.2, -0.15) is 0 Å². The summed E-state index contributed by atoms with van der Waals surface area (Å²) in [5, 5.41) is 12.0. The summed E-state index contributed by atoms with van der Waals surface area (Å²) in [6.07, 6.45) is 9.24. The van der Waals surface area contributed by atoms with Crippen molar-refractivity contribution in [3.8, 4) is 11.5 Å². The molecule has 2 spiro atoms. The molecule has 4 aliphatic rings. The summed E-state index contributed by atoms with van der Waals surface area (Å²) in [6.45, 7) is 9.39. The monoisotopic (exact) mass is 878 g/mol. The van der Waals surface area contributed by atoms with E-state index in [0.29, 0.717) is 42.0 Å². The number of H-pyrrole nitrogens is 2. The minimum Gasteiger partial charge on any atom is -0.491 e. The molecule has 0 bridgehead atoms. The van der Waals surface area contributed by atoms with Crippen LogP contribution in [0, 0.1) is 27.7 Å². The number of aromatic amines is 2. The number of carboxylic acids is 1. The van der Waals surface area contributed by atoms with Gasteiger partial charge in [-0.25, -0.2) is 4.79 Å². The first-order chi connectivity index (χ1) is 26.2. The summed E-state index contributed by atoms with van der Waals surface area (Å²) in [4.78, 5) is 52.7. The number of carbonyl (C=O) groups is 2. The number of pyridine rings is 2. The van der Waals surface area contributed by atoms with Crippen LogP contribution in [-0.4, -0.2) is 40.2 Å². The van der Waals surface area contributed by atoms with Gasteiger partial charge in [-0.15, -0.1) is 0 Å². The normalized spacial score (nSPS) is 16.6. The van der Waals surface area contributed by atoms with Crippen LogP contribution in [0.3, 0.4) is 0 Å². The first kappa shape index (κ1) is 40.5. The number of halogens is 2. The lowest BCUT2D eigenvalue weighted by Gasteiger charge is -2.21. The van der Waals surface area contributed by atoms with Gasteiger partial charge in [-0.3, -0.25) is 14.4 Å². The molecule has 0 atom stereocenters.